The van der Waals surface area contributed by atoms with Crippen molar-refractivity contribution in [2.24, 2.45) is 11.8 Å². The lowest BCUT2D eigenvalue weighted by molar-refractivity contribution is -0.138. The lowest BCUT2D eigenvalue weighted by atomic mass is 9.73. The van der Waals surface area contributed by atoms with Crippen molar-refractivity contribution < 1.29 is 19.1 Å². The second kappa shape index (κ2) is 8.00. The predicted octanol–water partition coefficient (Wildman–Crippen LogP) is 2.56. The fourth-order valence-electron chi connectivity index (χ4n) is 5.49. The first-order chi connectivity index (χ1) is 15.1. The summed E-state index contributed by atoms with van der Waals surface area (Å²) in [6, 6.07) is 17.8. The number of likely N-dealkylation sites (tertiary alicyclic amines) is 1. The minimum atomic E-state index is -0.486. The molecule has 5 rings (SSSR count). The highest BCUT2D eigenvalue weighted by Gasteiger charge is 2.68. The number of rotatable bonds is 7. The molecule has 0 radical (unpaired) electrons. The van der Waals surface area contributed by atoms with Crippen LogP contribution >= 0.6 is 0 Å². The quantitative estimate of drug-likeness (QED) is 0.748. The van der Waals surface area contributed by atoms with Crippen LogP contribution in [0, 0.1) is 11.8 Å². The molecule has 0 aromatic heterocycles. The molecule has 2 amide bonds. The molecule has 3 fully saturated rings. The van der Waals surface area contributed by atoms with Crippen LogP contribution in [0.4, 0.5) is 0 Å². The smallest absolute Gasteiger partial charge is 0.229 e. The van der Waals surface area contributed by atoms with Gasteiger partial charge in [-0.15, -0.1) is 0 Å². The summed E-state index contributed by atoms with van der Waals surface area (Å²) >= 11 is 0. The number of hydrogen-bond acceptors (Lipinski definition) is 4. The van der Waals surface area contributed by atoms with Crippen molar-refractivity contribution >= 4 is 11.8 Å². The molecule has 6 heteroatoms. The van der Waals surface area contributed by atoms with Crippen molar-refractivity contribution in [1.29, 1.82) is 0 Å². The van der Waals surface area contributed by atoms with E-state index in [1.165, 1.54) is 5.56 Å². The third kappa shape index (κ3) is 3.59. The van der Waals surface area contributed by atoms with Gasteiger partial charge in [-0.1, -0.05) is 42.5 Å². The van der Waals surface area contributed by atoms with Crippen LogP contribution < -0.4 is 10.1 Å². The van der Waals surface area contributed by atoms with Crippen molar-refractivity contribution in [2.75, 3.05) is 20.2 Å². The van der Waals surface area contributed by atoms with Gasteiger partial charge in [0.15, 0.2) is 0 Å². The molecular formula is C25H28N2O4. The Morgan fingerprint density at radius 2 is 1.94 bits per heavy atom. The molecule has 2 aromatic rings. The summed E-state index contributed by atoms with van der Waals surface area (Å²) in [4.78, 5) is 28.3. The summed E-state index contributed by atoms with van der Waals surface area (Å²) < 4.78 is 11.5. The highest BCUT2D eigenvalue weighted by Crippen LogP contribution is 2.55. The molecular weight excluding hydrogens is 392 g/mol. The van der Waals surface area contributed by atoms with E-state index in [1.807, 2.05) is 47.4 Å². The average molecular weight is 421 g/mol. The maximum absolute atomic E-state index is 13.3. The van der Waals surface area contributed by atoms with Gasteiger partial charge in [-0.25, -0.2) is 0 Å². The highest BCUT2D eigenvalue weighted by molar-refractivity contribution is 5.92. The molecule has 0 aliphatic carbocycles. The first-order valence-electron chi connectivity index (χ1n) is 11.0. The van der Waals surface area contributed by atoms with Crippen molar-refractivity contribution in [1.82, 2.24) is 10.2 Å². The van der Waals surface area contributed by atoms with Crippen LogP contribution in [-0.2, 0) is 27.3 Å². The second-order valence-corrected chi connectivity index (χ2v) is 8.82. The average Bonchev–Trinajstić information content (AvgIpc) is 3.45. The van der Waals surface area contributed by atoms with Gasteiger partial charge in [0.2, 0.25) is 11.8 Å². The van der Waals surface area contributed by atoms with Crippen molar-refractivity contribution in [2.45, 2.75) is 37.5 Å². The molecule has 3 aliphatic rings. The molecule has 3 heterocycles. The van der Waals surface area contributed by atoms with Gasteiger partial charge >= 0.3 is 0 Å². The number of amides is 2. The van der Waals surface area contributed by atoms with Crippen LogP contribution in [0.3, 0.4) is 0 Å². The zero-order chi connectivity index (χ0) is 21.4. The predicted molar refractivity (Wildman–Crippen MR) is 115 cm³/mol. The van der Waals surface area contributed by atoms with E-state index >= 15 is 0 Å². The Hall–Kier alpha value is -2.86. The van der Waals surface area contributed by atoms with Gasteiger partial charge in [-0.05, 0) is 42.5 Å². The minimum Gasteiger partial charge on any atom is -0.497 e. The summed E-state index contributed by atoms with van der Waals surface area (Å²) in [5.74, 6) is 0.0122. The standard InChI is InChI=1S/C25H28N2O4/c1-30-19-9-7-18(8-10-19)15-26-23(28)21-20-11-13-25(31-20)16-27(24(29)22(21)25)14-12-17-5-3-2-4-6-17/h2-10,20-22H,11-16H2,1H3,(H,26,28)/t20-,21+,22-,25+/m1/s1. The zero-order valence-electron chi connectivity index (χ0n) is 17.8. The van der Waals surface area contributed by atoms with Gasteiger partial charge in [0, 0.05) is 13.1 Å². The Morgan fingerprint density at radius 3 is 2.68 bits per heavy atom. The number of carbonyl (C=O) groups excluding carboxylic acids is 2. The van der Waals surface area contributed by atoms with E-state index in [4.69, 9.17) is 9.47 Å². The molecule has 0 saturated carbocycles. The summed E-state index contributed by atoms with van der Waals surface area (Å²) in [6.45, 7) is 1.69. The van der Waals surface area contributed by atoms with Gasteiger partial charge in [0.25, 0.3) is 0 Å². The zero-order valence-corrected chi connectivity index (χ0v) is 17.8. The van der Waals surface area contributed by atoms with Gasteiger partial charge in [-0.3, -0.25) is 9.59 Å². The number of hydrogen-bond donors (Lipinski definition) is 1. The molecule has 2 aromatic carbocycles. The Bertz CT molecular complexity index is 961. The van der Waals surface area contributed by atoms with Crippen LogP contribution in [0.1, 0.15) is 24.0 Å². The Labute approximate surface area is 182 Å². The maximum atomic E-state index is 13.3. The van der Waals surface area contributed by atoms with Crippen molar-refractivity contribution in [3.8, 4) is 5.75 Å². The Balaban J connectivity index is 1.25. The van der Waals surface area contributed by atoms with Crippen LogP contribution in [0.25, 0.3) is 0 Å². The number of carbonyl (C=O) groups is 2. The van der Waals surface area contributed by atoms with E-state index in [2.05, 4.69) is 17.4 Å². The minimum absolute atomic E-state index is 0.0720. The molecule has 3 aliphatic heterocycles. The van der Waals surface area contributed by atoms with Gasteiger partial charge in [0.1, 0.15) is 5.75 Å². The number of nitrogens with zero attached hydrogens (tertiary/aromatic N) is 1. The van der Waals surface area contributed by atoms with Gasteiger partial charge < -0.3 is 19.7 Å². The molecule has 1 spiro atoms. The van der Waals surface area contributed by atoms with Crippen LogP contribution in [0.15, 0.2) is 54.6 Å². The monoisotopic (exact) mass is 420 g/mol. The van der Waals surface area contributed by atoms with E-state index in [9.17, 15) is 9.59 Å². The van der Waals surface area contributed by atoms with E-state index in [-0.39, 0.29) is 23.8 Å². The molecule has 6 nitrogen and oxygen atoms in total. The van der Waals surface area contributed by atoms with E-state index in [0.29, 0.717) is 19.6 Å². The lowest BCUT2D eigenvalue weighted by Gasteiger charge is -2.27. The Kier molecular flexibility index (Phi) is 5.18. The van der Waals surface area contributed by atoms with Crippen LogP contribution in [0.2, 0.25) is 0 Å². The number of ether oxygens (including phenoxy) is 2. The van der Waals surface area contributed by atoms with Crippen LogP contribution in [0.5, 0.6) is 5.75 Å². The second-order valence-electron chi connectivity index (χ2n) is 8.82. The molecule has 31 heavy (non-hydrogen) atoms. The first-order valence-corrected chi connectivity index (χ1v) is 11.0. The lowest BCUT2D eigenvalue weighted by Crippen LogP contribution is -2.45. The molecule has 2 bridgehead atoms. The topological polar surface area (TPSA) is 67.9 Å². The molecule has 1 N–H and O–H groups in total. The van der Waals surface area contributed by atoms with Gasteiger partial charge in [-0.2, -0.15) is 0 Å². The highest BCUT2D eigenvalue weighted by atomic mass is 16.5. The summed E-state index contributed by atoms with van der Waals surface area (Å²) in [5.41, 5.74) is 1.72. The Morgan fingerprint density at radius 1 is 1.16 bits per heavy atom. The van der Waals surface area contributed by atoms with Crippen LogP contribution in [-0.4, -0.2) is 48.6 Å². The maximum Gasteiger partial charge on any atom is 0.229 e. The number of methoxy groups -OCH3 is 1. The normalized spacial score (nSPS) is 28.6. The van der Waals surface area contributed by atoms with E-state index in [1.54, 1.807) is 7.11 Å². The largest absolute Gasteiger partial charge is 0.497 e. The third-order valence-electron chi connectivity index (χ3n) is 7.04. The summed E-state index contributed by atoms with van der Waals surface area (Å²) in [5, 5.41) is 3.04. The molecule has 162 valence electrons. The van der Waals surface area contributed by atoms with Crippen molar-refractivity contribution in [3.05, 3.63) is 65.7 Å². The fourth-order valence-corrected chi connectivity index (χ4v) is 5.49. The number of benzene rings is 2. The summed E-state index contributed by atoms with van der Waals surface area (Å²) in [7, 11) is 1.63. The third-order valence-corrected chi connectivity index (χ3v) is 7.04. The fraction of sp³-hybridized carbons (Fsp3) is 0.440. The van der Waals surface area contributed by atoms with E-state index in [0.717, 1.165) is 30.6 Å². The molecule has 3 saturated heterocycles. The van der Waals surface area contributed by atoms with Crippen molar-refractivity contribution in [3.63, 3.8) is 0 Å². The SMILES string of the molecule is COc1ccc(CNC(=O)[C@H]2[C@H]3CC[C@@]4(CN(CCc5ccccc5)C(=O)[C@@H]24)O3)cc1. The van der Waals surface area contributed by atoms with Gasteiger partial charge in [0.05, 0.1) is 37.2 Å². The number of nitrogens with one attached hydrogen (secondary N) is 1. The van der Waals surface area contributed by atoms with E-state index < -0.39 is 11.5 Å². The summed E-state index contributed by atoms with van der Waals surface area (Å²) in [6.07, 6.45) is 2.36. The molecule has 0 unspecified atom stereocenters. The molecule has 4 atom stereocenters. The number of fused-ring (bicyclic) bond motifs is 1. The first kappa shape index (κ1) is 20.1.